The van der Waals surface area contributed by atoms with Crippen molar-refractivity contribution in [3.8, 4) is 0 Å². The molecular weight excluding hydrogens is 274 g/mol. The predicted molar refractivity (Wildman–Crippen MR) is 91.6 cm³/mol. The second-order valence-electron chi connectivity index (χ2n) is 6.32. The summed E-state index contributed by atoms with van der Waals surface area (Å²) in [6, 6.07) is 8.36. The van der Waals surface area contributed by atoms with Crippen molar-refractivity contribution >= 4 is 17.3 Å². The van der Waals surface area contributed by atoms with Crippen LogP contribution in [0, 0.1) is 0 Å². The fraction of sp³-hybridized carbons (Fsp3) is 0.611. The minimum absolute atomic E-state index is 0.258. The first-order valence-electron chi connectivity index (χ1n) is 8.66. The number of nitrogens with zero attached hydrogens (tertiary/aromatic N) is 3. The normalized spacial score (nSPS) is 18.6. The second kappa shape index (κ2) is 7.14. The molecule has 4 heteroatoms. The van der Waals surface area contributed by atoms with Crippen molar-refractivity contribution in [2.75, 3.05) is 49.1 Å². The van der Waals surface area contributed by atoms with E-state index in [1.807, 2.05) is 11.0 Å². The van der Waals surface area contributed by atoms with Gasteiger partial charge in [0, 0.05) is 32.6 Å². The first kappa shape index (κ1) is 15.3. The van der Waals surface area contributed by atoms with Gasteiger partial charge in [0.25, 0.3) is 0 Å². The SMILES string of the molecule is CCCC(=O)N1CCN(CCN2CCCC2)c2ccccc21. The number of carbonyl (C=O) groups excluding carboxylic acids is 1. The Morgan fingerprint density at radius 3 is 2.45 bits per heavy atom. The first-order valence-corrected chi connectivity index (χ1v) is 8.66. The van der Waals surface area contributed by atoms with Crippen LogP contribution in [0.15, 0.2) is 24.3 Å². The van der Waals surface area contributed by atoms with E-state index in [-0.39, 0.29) is 5.91 Å². The van der Waals surface area contributed by atoms with E-state index in [0.29, 0.717) is 6.42 Å². The molecule has 0 aliphatic carbocycles. The molecule has 1 aromatic rings. The Labute approximate surface area is 133 Å². The van der Waals surface area contributed by atoms with Crippen LogP contribution < -0.4 is 9.80 Å². The summed E-state index contributed by atoms with van der Waals surface area (Å²) < 4.78 is 0. The lowest BCUT2D eigenvalue weighted by atomic mass is 10.1. The van der Waals surface area contributed by atoms with Gasteiger partial charge in [-0.3, -0.25) is 4.79 Å². The van der Waals surface area contributed by atoms with Gasteiger partial charge in [-0.2, -0.15) is 0 Å². The highest BCUT2D eigenvalue weighted by molar-refractivity contribution is 5.97. The molecule has 1 saturated heterocycles. The Hall–Kier alpha value is -1.55. The average molecular weight is 301 g/mol. The molecule has 0 bridgehead atoms. The monoisotopic (exact) mass is 301 g/mol. The summed E-state index contributed by atoms with van der Waals surface area (Å²) in [5.41, 5.74) is 2.31. The number of hydrogen-bond donors (Lipinski definition) is 0. The summed E-state index contributed by atoms with van der Waals surface area (Å²) in [6.45, 7) is 8.52. The molecule has 1 fully saturated rings. The van der Waals surface area contributed by atoms with E-state index in [4.69, 9.17) is 0 Å². The number of rotatable bonds is 5. The zero-order chi connectivity index (χ0) is 15.4. The molecule has 2 heterocycles. The van der Waals surface area contributed by atoms with Crippen molar-refractivity contribution in [2.24, 2.45) is 0 Å². The van der Waals surface area contributed by atoms with E-state index >= 15 is 0 Å². The summed E-state index contributed by atoms with van der Waals surface area (Å²) in [7, 11) is 0. The number of amides is 1. The number of likely N-dealkylation sites (tertiary alicyclic amines) is 1. The van der Waals surface area contributed by atoms with Gasteiger partial charge in [-0.25, -0.2) is 0 Å². The quantitative estimate of drug-likeness (QED) is 0.836. The Morgan fingerprint density at radius 2 is 1.73 bits per heavy atom. The number of fused-ring (bicyclic) bond motifs is 1. The van der Waals surface area contributed by atoms with Crippen LogP contribution in [0.2, 0.25) is 0 Å². The Morgan fingerprint density at radius 1 is 1.00 bits per heavy atom. The van der Waals surface area contributed by atoms with Crippen LogP contribution >= 0.6 is 0 Å². The molecule has 2 aliphatic heterocycles. The lowest BCUT2D eigenvalue weighted by molar-refractivity contribution is -0.118. The summed E-state index contributed by atoms with van der Waals surface area (Å²) >= 11 is 0. The highest BCUT2D eigenvalue weighted by Gasteiger charge is 2.26. The number of benzene rings is 1. The molecule has 0 saturated carbocycles. The molecule has 3 rings (SSSR count). The third kappa shape index (κ3) is 3.27. The Balaban J connectivity index is 1.71. The van der Waals surface area contributed by atoms with E-state index in [2.05, 4.69) is 34.9 Å². The van der Waals surface area contributed by atoms with Crippen molar-refractivity contribution in [1.29, 1.82) is 0 Å². The van der Waals surface area contributed by atoms with Crippen molar-refractivity contribution in [1.82, 2.24) is 4.90 Å². The van der Waals surface area contributed by atoms with Crippen LogP contribution in [0.1, 0.15) is 32.6 Å². The fourth-order valence-corrected chi connectivity index (χ4v) is 3.53. The summed E-state index contributed by atoms with van der Waals surface area (Å²) in [4.78, 5) is 19.3. The lowest BCUT2D eigenvalue weighted by Gasteiger charge is -2.38. The molecule has 2 aliphatic rings. The number of carbonyl (C=O) groups is 1. The molecular formula is C18H27N3O. The largest absolute Gasteiger partial charge is 0.367 e. The second-order valence-corrected chi connectivity index (χ2v) is 6.32. The van der Waals surface area contributed by atoms with Crippen LogP contribution in [-0.4, -0.2) is 50.1 Å². The zero-order valence-corrected chi connectivity index (χ0v) is 13.6. The average Bonchev–Trinajstić information content (AvgIpc) is 3.06. The third-order valence-electron chi connectivity index (χ3n) is 4.76. The van der Waals surface area contributed by atoms with Gasteiger partial charge < -0.3 is 14.7 Å². The van der Waals surface area contributed by atoms with Gasteiger partial charge in [-0.1, -0.05) is 19.1 Å². The van der Waals surface area contributed by atoms with Gasteiger partial charge in [0.05, 0.1) is 11.4 Å². The summed E-state index contributed by atoms with van der Waals surface area (Å²) in [5, 5.41) is 0. The van der Waals surface area contributed by atoms with Crippen LogP contribution in [-0.2, 0) is 4.79 Å². The van der Waals surface area contributed by atoms with Gasteiger partial charge in [-0.15, -0.1) is 0 Å². The number of para-hydroxylation sites is 2. The first-order chi connectivity index (χ1) is 10.8. The molecule has 0 aromatic heterocycles. The highest BCUT2D eigenvalue weighted by Crippen LogP contribution is 2.33. The van der Waals surface area contributed by atoms with E-state index in [1.54, 1.807) is 0 Å². The van der Waals surface area contributed by atoms with E-state index in [9.17, 15) is 4.79 Å². The summed E-state index contributed by atoms with van der Waals surface area (Å²) in [6.07, 6.45) is 4.24. The zero-order valence-electron chi connectivity index (χ0n) is 13.6. The Bertz CT molecular complexity index is 511. The van der Waals surface area contributed by atoms with E-state index < -0.39 is 0 Å². The van der Waals surface area contributed by atoms with Crippen LogP contribution in [0.4, 0.5) is 11.4 Å². The maximum atomic E-state index is 12.3. The lowest BCUT2D eigenvalue weighted by Crippen LogP contribution is -2.46. The molecule has 4 nitrogen and oxygen atoms in total. The standard InChI is InChI=1S/C18H27N3O/c1-2-7-18(22)21-15-14-20(13-12-19-10-5-6-11-19)16-8-3-4-9-17(16)21/h3-4,8-9H,2,5-7,10-15H2,1H3. The Kier molecular flexibility index (Phi) is 4.98. The smallest absolute Gasteiger partial charge is 0.227 e. The molecule has 0 unspecified atom stereocenters. The van der Waals surface area contributed by atoms with Crippen molar-refractivity contribution in [2.45, 2.75) is 32.6 Å². The molecule has 0 spiro atoms. The van der Waals surface area contributed by atoms with Crippen LogP contribution in [0.5, 0.6) is 0 Å². The van der Waals surface area contributed by atoms with Crippen LogP contribution in [0.25, 0.3) is 0 Å². The predicted octanol–water partition coefficient (Wildman–Crippen LogP) is 2.74. The van der Waals surface area contributed by atoms with E-state index in [1.165, 1.54) is 31.6 Å². The molecule has 0 N–H and O–H groups in total. The van der Waals surface area contributed by atoms with Crippen molar-refractivity contribution in [3.63, 3.8) is 0 Å². The topological polar surface area (TPSA) is 26.8 Å². The van der Waals surface area contributed by atoms with Gasteiger partial charge in [0.15, 0.2) is 0 Å². The highest BCUT2D eigenvalue weighted by atomic mass is 16.2. The maximum Gasteiger partial charge on any atom is 0.227 e. The van der Waals surface area contributed by atoms with Crippen molar-refractivity contribution in [3.05, 3.63) is 24.3 Å². The van der Waals surface area contributed by atoms with Gasteiger partial charge in [0.1, 0.15) is 0 Å². The minimum Gasteiger partial charge on any atom is -0.367 e. The van der Waals surface area contributed by atoms with Gasteiger partial charge >= 0.3 is 0 Å². The number of hydrogen-bond acceptors (Lipinski definition) is 3. The third-order valence-corrected chi connectivity index (χ3v) is 4.76. The summed E-state index contributed by atoms with van der Waals surface area (Å²) in [5.74, 6) is 0.258. The molecule has 22 heavy (non-hydrogen) atoms. The fourth-order valence-electron chi connectivity index (χ4n) is 3.53. The molecule has 0 atom stereocenters. The number of anilines is 2. The van der Waals surface area contributed by atoms with E-state index in [0.717, 1.165) is 38.3 Å². The van der Waals surface area contributed by atoms with Gasteiger partial charge in [-0.05, 0) is 44.5 Å². The molecule has 120 valence electrons. The maximum absolute atomic E-state index is 12.3. The minimum atomic E-state index is 0.258. The van der Waals surface area contributed by atoms with Crippen LogP contribution in [0.3, 0.4) is 0 Å². The molecule has 1 amide bonds. The van der Waals surface area contributed by atoms with Crippen molar-refractivity contribution < 1.29 is 4.79 Å². The molecule has 1 aromatic carbocycles. The molecule has 0 radical (unpaired) electrons. The van der Waals surface area contributed by atoms with Gasteiger partial charge in [0.2, 0.25) is 5.91 Å².